The van der Waals surface area contributed by atoms with Gasteiger partial charge >= 0.3 is 0 Å². The molecule has 0 amide bonds. The van der Waals surface area contributed by atoms with Crippen molar-refractivity contribution in [3.05, 3.63) is 10.9 Å². The molecule has 4 nitrogen and oxygen atoms in total. The van der Waals surface area contributed by atoms with Crippen LogP contribution in [0, 0.1) is 6.92 Å². The molecule has 0 spiro atoms. The molecule has 0 radical (unpaired) electrons. The Morgan fingerprint density at radius 1 is 1.64 bits per heavy atom. The predicted octanol–water partition coefficient (Wildman–Crippen LogP) is 0.410. The van der Waals surface area contributed by atoms with Crippen LogP contribution in [-0.2, 0) is 10.0 Å². The summed E-state index contributed by atoms with van der Waals surface area (Å²) in [7, 11) is -3.76. The third kappa shape index (κ3) is 1.52. The maximum absolute atomic E-state index is 10.8. The Kier molecular flexibility index (Phi) is 1.91. The number of primary sulfonamides is 1. The highest BCUT2D eigenvalue weighted by molar-refractivity contribution is 7.89. The quantitative estimate of drug-likeness (QED) is 0.677. The Balaban J connectivity index is 3.45. The summed E-state index contributed by atoms with van der Waals surface area (Å²) in [5.74, 6) is 0. The van der Waals surface area contributed by atoms with Crippen molar-refractivity contribution < 1.29 is 13.5 Å². The molecule has 6 heteroatoms. The van der Waals surface area contributed by atoms with Gasteiger partial charge in [0.05, 0.1) is 0 Å². The van der Waals surface area contributed by atoms with Crippen LogP contribution >= 0.6 is 11.3 Å². The molecule has 0 aliphatic rings. The molecule has 3 N–H and O–H groups in total. The van der Waals surface area contributed by atoms with Crippen molar-refractivity contribution in [2.75, 3.05) is 0 Å². The molecule has 0 aromatic carbocycles. The standard InChI is InChI=1S/C5H7NO3S2/c1-3-2-10-5(7)4(3)11(6,8)9/h2,7H,1H3,(H2,6,8,9). The molecule has 0 aliphatic heterocycles. The molecule has 62 valence electrons. The molecule has 0 saturated heterocycles. The van der Waals surface area contributed by atoms with Crippen molar-refractivity contribution in [1.82, 2.24) is 0 Å². The molecular formula is C5H7NO3S2. The number of rotatable bonds is 1. The maximum atomic E-state index is 10.8. The van der Waals surface area contributed by atoms with Crippen molar-refractivity contribution in [3.63, 3.8) is 0 Å². The zero-order valence-electron chi connectivity index (χ0n) is 5.73. The van der Waals surface area contributed by atoms with Gasteiger partial charge in [0.25, 0.3) is 0 Å². The fourth-order valence-corrected chi connectivity index (χ4v) is 2.76. The largest absolute Gasteiger partial charge is 0.499 e. The highest BCUT2D eigenvalue weighted by Crippen LogP contribution is 2.31. The molecule has 0 atom stereocenters. The molecule has 0 bridgehead atoms. The SMILES string of the molecule is Cc1csc(O)c1S(N)(=O)=O. The van der Waals surface area contributed by atoms with Gasteiger partial charge in [-0.05, 0) is 17.9 Å². The minimum Gasteiger partial charge on any atom is -0.499 e. The van der Waals surface area contributed by atoms with E-state index in [2.05, 4.69) is 0 Å². The zero-order chi connectivity index (χ0) is 8.65. The van der Waals surface area contributed by atoms with E-state index in [1.807, 2.05) is 0 Å². The van der Waals surface area contributed by atoms with Gasteiger partial charge in [0.15, 0.2) is 5.06 Å². The number of nitrogens with two attached hydrogens (primary N) is 1. The summed E-state index contributed by atoms with van der Waals surface area (Å²) in [4.78, 5) is -0.164. The van der Waals surface area contributed by atoms with Crippen molar-refractivity contribution in [2.24, 2.45) is 5.14 Å². The van der Waals surface area contributed by atoms with Gasteiger partial charge < -0.3 is 5.11 Å². The minimum absolute atomic E-state index is 0.164. The summed E-state index contributed by atoms with van der Waals surface area (Å²) in [6.45, 7) is 1.58. The number of hydrogen-bond acceptors (Lipinski definition) is 4. The van der Waals surface area contributed by atoms with Crippen LogP contribution in [0.25, 0.3) is 0 Å². The van der Waals surface area contributed by atoms with Gasteiger partial charge in [-0.3, -0.25) is 0 Å². The first kappa shape index (κ1) is 8.51. The number of hydrogen-bond donors (Lipinski definition) is 2. The van der Waals surface area contributed by atoms with Crippen molar-refractivity contribution >= 4 is 21.4 Å². The Hall–Kier alpha value is -0.590. The van der Waals surface area contributed by atoms with Crippen LogP contribution < -0.4 is 5.14 Å². The van der Waals surface area contributed by atoms with E-state index in [4.69, 9.17) is 10.2 Å². The Bertz CT molecular complexity index is 346. The molecule has 1 aromatic rings. The molecule has 1 aromatic heterocycles. The summed E-state index contributed by atoms with van der Waals surface area (Å²) in [6, 6.07) is 0. The Labute approximate surface area is 68.3 Å². The minimum atomic E-state index is -3.76. The average molecular weight is 193 g/mol. The lowest BCUT2D eigenvalue weighted by atomic mass is 10.4. The second-order valence-electron chi connectivity index (χ2n) is 2.10. The van der Waals surface area contributed by atoms with Gasteiger partial charge in [0.1, 0.15) is 4.90 Å². The van der Waals surface area contributed by atoms with Gasteiger partial charge in [0, 0.05) is 0 Å². The lowest BCUT2D eigenvalue weighted by Crippen LogP contribution is -2.12. The number of thiophene rings is 1. The highest BCUT2D eigenvalue weighted by atomic mass is 32.2. The van der Waals surface area contributed by atoms with Crippen LogP contribution in [0.1, 0.15) is 5.56 Å². The van der Waals surface area contributed by atoms with E-state index >= 15 is 0 Å². The molecule has 0 saturated carbocycles. The summed E-state index contributed by atoms with van der Waals surface area (Å²) in [5, 5.41) is 15.1. The van der Waals surface area contributed by atoms with Gasteiger partial charge in [-0.25, -0.2) is 13.6 Å². The van der Waals surface area contributed by atoms with E-state index in [1.54, 1.807) is 6.92 Å². The first-order valence-electron chi connectivity index (χ1n) is 2.73. The molecule has 11 heavy (non-hydrogen) atoms. The van der Waals surface area contributed by atoms with Gasteiger partial charge in [-0.15, -0.1) is 11.3 Å². The van der Waals surface area contributed by atoms with Gasteiger partial charge in [0.2, 0.25) is 10.0 Å². The van der Waals surface area contributed by atoms with Crippen molar-refractivity contribution in [1.29, 1.82) is 0 Å². The lowest BCUT2D eigenvalue weighted by molar-refractivity contribution is 0.475. The Morgan fingerprint density at radius 3 is 2.36 bits per heavy atom. The molecule has 0 unspecified atom stereocenters. The first-order valence-corrected chi connectivity index (χ1v) is 5.15. The normalized spacial score (nSPS) is 11.8. The summed E-state index contributed by atoms with van der Waals surface area (Å²) < 4.78 is 21.5. The van der Waals surface area contributed by atoms with Crippen LogP contribution in [0.5, 0.6) is 5.06 Å². The number of sulfonamides is 1. The van der Waals surface area contributed by atoms with E-state index in [9.17, 15) is 8.42 Å². The van der Waals surface area contributed by atoms with Crippen molar-refractivity contribution in [3.8, 4) is 5.06 Å². The third-order valence-corrected chi connectivity index (χ3v) is 3.30. The second-order valence-corrected chi connectivity index (χ2v) is 4.45. The summed E-state index contributed by atoms with van der Waals surface area (Å²) in [5.41, 5.74) is 0.481. The number of aromatic hydroxyl groups is 1. The monoisotopic (exact) mass is 193 g/mol. The van der Waals surface area contributed by atoms with E-state index in [0.717, 1.165) is 11.3 Å². The molecule has 0 aliphatic carbocycles. The topological polar surface area (TPSA) is 80.4 Å². The fourth-order valence-electron chi connectivity index (χ4n) is 0.766. The molecule has 0 fully saturated rings. The molecule has 1 heterocycles. The van der Waals surface area contributed by atoms with Crippen LogP contribution in [-0.4, -0.2) is 13.5 Å². The van der Waals surface area contributed by atoms with E-state index in [0.29, 0.717) is 5.56 Å². The van der Waals surface area contributed by atoms with E-state index in [1.165, 1.54) is 5.38 Å². The number of aryl methyl sites for hydroxylation is 1. The van der Waals surface area contributed by atoms with Crippen LogP contribution in [0.15, 0.2) is 10.3 Å². The molecular weight excluding hydrogens is 186 g/mol. The van der Waals surface area contributed by atoms with Gasteiger partial charge in [-0.2, -0.15) is 0 Å². The van der Waals surface area contributed by atoms with Gasteiger partial charge in [-0.1, -0.05) is 0 Å². The summed E-state index contributed by atoms with van der Waals surface area (Å²) >= 11 is 0.954. The predicted molar refractivity (Wildman–Crippen MR) is 42.1 cm³/mol. The maximum Gasteiger partial charge on any atom is 0.242 e. The zero-order valence-corrected chi connectivity index (χ0v) is 7.37. The lowest BCUT2D eigenvalue weighted by Gasteiger charge is -1.95. The van der Waals surface area contributed by atoms with Crippen LogP contribution in [0.2, 0.25) is 0 Å². The van der Waals surface area contributed by atoms with E-state index in [-0.39, 0.29) is 9.96 Å². The van der Waals surface area contributed by atoms with E-state index < -0.39 is 10.0 Å². The first-order chi connectivity index (χ1) is 4.93. The van der Waals surface area contributed by atoms with Crippen LogP contribution in [0.3, 0.4) is 0 Å². The molecule has 1 rings (SSSR count). The fraction of sp³-hybridized carbons (Fsp3) is 0.200. The third-order valence-electron chi connectivity index (χ3n) is 1.18. The van der Waals surface area contributed by atoms with Crippen LogP contribution in [0.4, 0.5) is 0 Å². The smallest absolute Gasteiger partial charge is 0.242 e. The van der Waals surface area contributed by atoms with Crippen molar-refractivity contribution in [2.45, 2.75) is 11.8 Å². The summed E-state index contributed by atoms with van der Waals surface area (Å²) in [6.07, 6.45) is 0. The second kappa shape index (κ2) is 2.47. The Morgan fingerprint density at radius 2 is 2.18 bits per heavy atom. The highest BCUT2D eigenvalue weighted by Gasteiger charge is 2.18. The average Bonchev–Trinajstić information content (AvgIpc) is 2.08.